The molecule has 0 unspecified atom stereocenters. The summed E-state index contributed by atoms with van der Waals surface area (Å²) in [5, 5.41) is 15.1. The first-order valence-corrected chi connectivity index (χ1v) is 10.4. The predicted octanol–water partition coefficient (Wildman–Crippen LogP) is 5.31. The van der Waals surface area contributed by atoms with Crippen LogP contribution in [0.15, 0.2) is 87.2 Å². The fourth-order valence-corrected chi connectivity index (χ4v) is 4.22. The fraction of sp³-hybridized carbons (Fsp3) is 0.0417. The Bertz CT molecular complexity index is 1340. The van der Waals surface area contributed by atoms with Gasteiger partial charge in [0.15, 0.2) is 10.9 Å². The first kappa shape index (κ1) is 19.1. The molecular weight excluding hydrogens is 410 g/mol. The lowest BCUT2D eigenvalue weighted by atomic mass is 10.1. The van der Waals surface area contributed by atoms with Gasteiger partial charge in [-0.1, -0.05) is 41.6 Å². The maximum absolute atomic E-state index is 12.5. The van der Waals surface area contributed by atoms with Crippen LogP contribution >= 0.6 is 11.8 Å². The first-order valence-electron chi connectivity index (χ1n) is 9.59. The number of aromatic nitrogens is 1. The fourth-order valence-electron chi connectivity index (χ4n) is 3.33. The van der Waals surface area contributed by atoms with Crippen LogP contribution in [-0.4, -0.2) is 28.4 Å². The number of thioether (sulfide) groups is 1. The average Bonchev–Trinajstić information content (AvgIpc) is 3.38. The van der Waals surface area contributed by atoms with Gasteiger partial charge in [0.2, 0.25) is 0 Å². The number of benzene rings is 3. The zero-order valence-electron chi connectivity index (χ0n) is 16.5. The highest BCUT2D eigenvalue weighted by molar-refractivity contribution is 8.18. The number of amidine groups is 1. The molecule has 6 nitrogen and oxygen atoms in total. The number of carbonyl (C=O) groups is 1. The molecule has 3 aromatic carbocycles. The van der Waals surface area contributed by atoms with Gasteiger partial charge in [-0.05, 0) is 59.8 Å². The smallest absolute Gasteiger partial charge is 0.286 e. The van der Waals surface area contributed by atoms with Gasteiger partial charge in [-0.3, -0.25) is 4.79 Å². The molecule has 7 heteroatoms. The molecule has 0 saturated heterocycles. The van der Waals surface area contributed by atoms with E-state index in [0.717, 1.165) is 27.7 Å². The van der Waals surface area contributed by atoms with E-state index in [4.69, 9.17) is 4.52 Å². The minimum atomic E-state index is -0.278. The van der Waals surface area contributed by atoms with Crippen LogP contribution in [0.2, 0.25) is 0 Å². The zero-order valence-corrected chi connectivity index (χ0v) is 17.3. The summed E-state index contributed by atoms with van der Waals surface area (Å²) in [7, 11) is 1.84. The Morgan fingerprint density at radius 1 is 1.03 bits per heavy atom. The van der Waals surface area contributed by atoms with E-state index in [0.29, 0.717) is 15.8 Å². The Morgan fingerprint density at radius 3 is 2.58 bits per heavy atom. The van der Waals surface area contributed by atoms with E-state index in [-0.39, 0.29) is 11.7 Å². The van der Waals surface area contributed by atoms with Gasteiger partial charge in [-0.15, -0.1) is 0 Å². The first-order chi connectivity index (χ1) is 15.1. The molecule has 1 aromatic heterocycles. The van der Waals surface area contributed by atoms with Crippen LogP contribution in [0.25, 0.3) is 28.3 Å². The second-order valence-corrected chi connectivity index (χ2v) is 8.05. The molecule has 5 rings (SSSR count). The maximum atomic E-state index is 12.5. The quantitative estimate of drug-likeness (QED) is 0.447. The van der Waals surface area contributed by atoms with Gasteiger partial charge in [0.1, 0.15) is 11.3 Å². The van der Waals surface area contributed by atoms with Crippen molar-refractivity contribution in [2.45, 2.75) is 0 Å². The number of anilines is 1. The van der Waals surface area contributed by atoms with Crippen LogP contribution in [0.4, 0.5) is 5.69 Å². The highest BCUT2D eigenvalue weighted by Crippen LogP contribution is 2.34. The van der Waals surface area contributed by atoms with Gasteiger partial charge in [-0.25, -0.2) is 0 Å². The second-order valence-electron chi connectivity index (χ2n) is 7.04. The maximum Gasteiger partial charge on any atom is 0.286 e. The Balaban J connectivity index is 1.43. The summed E-state index contributed by atoms with van der Waals surface area (Å²) in [6.07, 6.45) is 1.83. The van der Waals surface area contributed by atoms with Gasteiger partial charge in [0, 0.05) is 18.3 Å². The van der Waals surface area contributed by atoms with Crippen LogP contribution in [0.5, 0.6) is 5.75 Å². The average molecular weight is 427 g/mol. The summed E-state index contributed by atoms with van der Waals surface area (Å²) in [5.74, 6) is 0.610. The van der Waals surface area contributed by atoms with E-state index in [1.807, 2.05) is 66.6 Å². The Morgan fingerprint density at radius 2 is 1.81 bits per heavy atom. The molecule has 1 aliphatic rings. The minimum Gasteiger partial charge on any atom is -0.508 e. The lowest BCUT2D eigenvalue weighted by Gasteiger charge is -2.17. The van der Waals surface area contributed by atoms with E-state index < -0.39 is 0 Å². The molecule has 1 aliphatic heterocycles. The standard InChI is InChI=1S/C24H17N3O3S/c1-27(17-8-10-18(28)11-9-17)24-25-23(29)21(31-24)14-15-7-12-20-19(13-15)22(30-26-20)16-5-3-2-4-6-16/h2-14,28H,1H3. The van der Waals surface area contributed by atoms with Gasteiger partial charge in [0.05, 0.1) is 10.3 Å². The van der Waals surface area contributed by atoms with Gasteiger partial charge in [0.25, 0.3) is 5.91 Å². The van der Waals surface area contributed by atoms with Crippen molar-refractivity contribution in [3.63, 3.8) is 0 Å². The van der Waals surface area contributed by atoms with Crippen molar-refractivity contribution in [2.75, 3.05) is 11.9 Å². The number of hydrogen-bond acceptors (Lipinski definition) is 6. The monoisotopic (exact) mass is 427 g/mol. The van der Waals surface area contributed by atoms with Crippen LogP contribution < -0.4 is 4.90 Å². The molecule has 2 heterocycles. The molecular formula is C24H17N3O3S. The molecule has 0 atom stereocenters. The molecule has 0 aliphatic carbocycles. The number of carbonyl (C=O) groups excluding carboxylic acids is 1. The van der Waals surface area contributed by atoms with E-state index in [2.05, 4.69) is 10.1 Å². The molecule has 0 saturated carbocycles. The normalized spacial score (nSPS) is 14.9. The summed E-state index contributed by atoms with van der Waals surface area (Å²) in [6, 6.07) is 22.3. The Hall–Kier alpha value is -3.84. The lowest BCUT2D eigenvalue weighted by Crippen LogP contribution is -2.21. The predicted molar refractivity (Wildman–Crippen MR) is 124 cm³/mol. The second kappa shape index (κ2) is 7.77. The number of amides is 1. The molecule has 1 N–H and O–H groups in total. The summed E-state index contributed by atoms with van der Waals surface area (Å²) >= 11 is 1.31. The number of hydrogen-bond donors (Lipinski definition) is 1. The highest BCUT2D eigenvalue weighted by atomic mass is 32.2. The molecule has 152 valence electrons. The third-order valence-electron chi connectivity index (χ3n) is 4.97. The Kier molecular flexibility index (Phi) is 4.80. The number of aromatic hydroxyl groups is 1. The van der Waals surface area contributed by atoms with Crippen LogP contribution in [0.1, 0.15) is 5.56 Å². The SMILES string of the molecule is CN(C1=NC(=O)C(=Cc2ccc3noc(-c4ccccc4)c3c2)S1)c1ccc(O)cc1. The molecule has 0 bridgehead atoms. The van der Waals surface area contributed by atoms with Crippen molar-refractivity contribution >= 4 is 45.5 Å². The van der Waals surface area contributed by atoms with Crippen molar-refractivity contribution in [2.24, 2.45) is 4.99 Å². The lowest BCUT2D eigenvalue weighted by molar-refractivity contribution is -0.113. The topological polar surface area (TPSA) is 78.9 Å². The number of fused-ring (bicyclic) bond motifs is 1. The number of aliphatic imine (C=N–C) groups is 1. The van der Waals surface area contributed by atoms with Crippen LogP contribution in [-0.2, 0) is 4.79 Å². The summed E-state index contributed by atoms with van der Waals surface area (Å²) in [5.41, 5.74) is 3.40. The summed E-state index contributed by atoms with van der Waals surface area (Å²) in [6.45, 7) is 0. The zero-order chi connectivity index (χ0) is 21.4. The van der Waals surface area contributed by atoms with Crippen molar-refractivity contribution in [1.82, 2.24) is 5.16 Å². The molecule has 0 fully saturated rings. The largest absolute Gasteiger partial charge is 0.508 e. The molecule has 4 aromatic rings. The number of rotatable bonds is 3. The van der Waals surface area contributed by atoms with Gasteiger partial charge < -0.3 is 14.5 Å². The van der Waals surface area contributed by atoms with E-state index >= 15 is 0 Å². The minimum absolute atomic E-state index is 0.189. The molecule has 0 radical (unpaired) electrons. The van der Waals surface area contributed by atoms with Crippen molar-refractivity contribution in [3.05, 3.63) is 83.3 Å². The molecule has 31 heavy (non-hydrogen) atoms. The molecule has 1 amide bonds. The van der Waals surface area contributed by atoms with Crippen molar-refractivity contribution in [1.29, 1.82) is 0 Å². The Labute approximate surface area is 182 Å². The van der Waals surface area contributed by atoms with E-state index in [9.17, 15) is 9.90 Å². The van der Waals surface area contributed by atoms with E-state index in [1.54, 1.807) is 24.3 Å². The van der Waals surface area contributed by atoms with Gasteiger partial charge in [-0.2, -0.15) is 4.99 Å². The van der Waals surface area contributed by atoms with Crippen molar-refractivity contribution in [3.8, 4) is 17.1 Å². The molecule has 0 spiro atoms. The third kappa shape index (κ3) is 3.71. The van der Waals surface area contributed by atoms with Gasteiger partial charge >= 0.3 is 0 Å². The number of nitrogens with zero attached hydrogens (tertiary/aromatic N) is 3. The summed E-state index contributed by atoms with van der Waals surface area (Å²) < 4.78 is 5.56. The van der Waals surface area contributed by atoms with Crippen LogP contribution in [0, 0.1) is 0 Å². The van der Waals surface area contributed by atoms with E-state index in [1.165, 1.54) is 11.8 Å². The van der Waals surface area contributed by atoms with Crippen molar-refractivity contribution < 1.29 is 14.4 Å². The highest BCUT2D eigenvalue weighted by Gasteiger charge is 2.25. The number of phenols is 1. The third-order valence-corrected chi connectivity index (χ3v) is 6.03. The number of phenolic OH excluding ortho intramolecular Hbond substituents is 1. The van der Waals surface area contributed by atoms with Crippen LogP contribution in [0.3, 0.4) is 0 Å². The summed E-state index contributed by atoms with van der Waals surface area (Å²) in [4.78, 5) is 19.1.